The van der Waals surface area contributed by atoms with Gasteiger partial charge in [-0.1, -0.05) is 58.2 Å². The molecule has 0 saturated carbocycles. The van der Waals surface area contributed by atoms with E-state index >= 15 is 0 Å². The van der Waals surface area contributed by atoms with Gasteiger partial charge < -0.3 is 5.11 Å². The third-order valence-electron chi connectivity index (χ3n) is 3.19. The molecule has 0 saturated heterocycles. The first-order valence-electron chi connectivity index (χ1n) is 6.51. The Balaban J connectivity index is 2.82. The van der Waals surface area contributed by atoms with Gasteiger partial charge in [0, 0.05) is 0 Å². The number of phenols is 1. The van der Waals surface area contributed by atoms with Crippen molar-refractivity contribution in [2.45, 2.75) is 58.8 Å². The Hall–Kier alpha value is -0.980. The van der Waals surface area contributed by atoms with Gasteiger partial charge in [-0.15, -0.1) is 0 Å². The summed E-state index contributed by atoms with van der Waals surface area (Å²) in [7, 11) is 0. The lowest BCUT2D eigenvalue weighted by molar-refractivity contribution is 0.451. The Bertz CT molecular complexity index is 317. The molecule has 1 heteroatoms. The topological polar surface area (TPSA) is 20.2 Å². The van der Waals surface area contributed by atoms with Crippen LogP contribution >= 0.6 is 0 Å². The van der Waals surface area contributed by atoms with Gasteiger partial charge in [-0.05, 0) is 29.9 Å². The SMILES string of the molecule is CCCC[C@H](C)c1cccc(CCC)c1O. The van der Waals surface area contributed by atoms with Crippen LogP contribution in [0.1, 0.15) is 63.5 Å². The van der Waals surface area contributed by atoms with Crippen LogP contribution < -0.4 is 0 Å². The fourth-order valence-corrected chi connectivity index (χ4v) is 2.15. The molecule has 0 amide bonds. The van der Waals surface area contributed by atoms with Crippen LogP contribution in [0.25, 0.3) is 0 Å². The average Bonchev–Trinajstić information content (AvgIpc) is 2.29. The maximum absolute atomic E-state index is 10.2. The highest BCUT2D eigenvalue weighted by atomic mass is 16.3. The zero-order valence-corrected chi connectivity index (χ0v) is 10.8. The molecule has 0 unspecified atom stereocenters. The van der Waals surface area contributed by atoms with Gasteiger partial charge in [0.25, 0.3) is 0 Å². The minimum absolute atomic E-state index is 0.469. The largest absolute Gasteiger partial charge is 0.507 e. The van der Waals surface area contributed by atoms with Crippen molar-refractivity contribution in [3.63, 3.8) is 0 Å². The van der Waals surface area contributed by atoms with Crippen molar-refractivity contribution in [3.05, 3.63) is 29.3 Å². The van der Waals surface area contributed by atoms with Gasteiger partial charge in [0.15, 0.2) is 0 Å². The number of phenolic OH excluding ortho intramolecular Hbond substituents is 1. The number of rotatable bonds is 6. The summed E-state index contributed by atoms with van der Waals surface area (Å²) in [6, 6.07) is 6.17. The van der Waals surface area contributed by atoms with Crippen molar-refractivity contribution in [1.82, 2.24) is 0 Å². The summed E-state index contributed by atoms with van der Waals surface area (Å²) in [5, 5.41) is 10.2. The Morgan fingerprint density at radius 2 is 1.94 bits per heavy atom. The smallest absolute Gasteiger partial charge is 0.122 e. The highest BCUT2D eigenvalue weighted by Crippen LogP contribution is 2.32. The van der Waals surface area contributed by atoms with Gasteiger partial charge in [0.1, 0.15) is 5.75 Å². The van der Waals surface area contributed by atoms with E-state index in [1.807, 2.05) is 6.07 Å². The summed E-state index contributed by atoms with van der Waals surface area (Å²) < 4.78 is 0. The number of hydrogen-bond acceptors (Lipinski definition) is 1. The molecule has 1 rings (SSSR count). The molecular formula is C15H24O. The Labute approximate surface area is 99.5 Å². The van der Waals surface area contributed by atoms with Gasteiger partial charge >= 0.3 is 0 Å². The summed E-state index contributed by atoms with van der Waals surface area (Å²) in [5.41, 5.74) is 2.22. The van der Waals surface area contributed by atoms with Crippen molar-refractivity contribution in [2.24, 2.45) is 0 Å². The van der Waals surface area contributed by atoms with Crippen molar-refractivity contribution >= 4 is 0 Å². The summed E-state index contributed by atoms with van der Waals surface area (Å²) in [6.45, 7) is 6.56. The van der Waals surface area contributed by atoms with E-state index in [9.17, 15) is 5.11 Å². The predicted molar refractivity (Wildman–Crippen MR) is 70.0 cm³/mol. The van der Waals surface area contributed by atoms with Gasteiger partial charge in [-0.2, -0.15) is 0 Å². The first kappa shape index (κ1) is 13.1. The molecule has 0 fully saturated rings. The second-order valence-corrected chi connectivity index (χ2v) is 4.65. The average molecular weight is 220 g/mol. The highest BCUT2D eigenvalue weighted by molar-refractivity contribution is 5.42. The Kier molecular flexibility index (Phi) is 5.37. The maximum atomic E-state index is 10.2. The van der Waals surface area contributed by atoms with Crippen molar-refractivity contribution in [1.29, 1.82) is 0 Å². The fourth-order valence-electron chi connectivity index (χ4n) is 2.15. The fraction of sp³-hybridized carbons (Fsp3) is 0.600. The first-order valence-corrected chi connectivity index (χ1v) is 6.51. The summed E-state index contributed by atoms with van der Waals surface area (Å²) >= 11 is 0. The van der Waals surface area contributed by atoms with Gasteiger partial charge in [-0.3, -0.25) is 0 Å². The van der Waals surface area contributed by atoms with E-state index in [1.165, 1.54) is 19.3 Å². The van der Waals surface area contributed by atoms with Gasteiger partial charge in [0.2, 0.25) is 0 Å². The van der Waals surface area contributed by atoms with Crippen LogP contribution in [0.5, 0.6) is 5.75 Å². The second-order valence-electron chi connectivity index (χ2n) is 4.65. The molecule has 0 radical (unpaired) electrons. The van der Waals surface area contributed by atoms with E-state index in [-0.39, 0.29) is 0 Å². The normalized spacial score (nSPS) is 12.7. The van der Waals surface area contributed by atoms with Crippen LogP contribution in [-0.4, -0.2) is 5.11 Å². The minimum Gasteiger partial charge on any atom is -0.507 e. The van der Waals surface area contributed by atoms with Crippen LogP contribution in [0.4, 0.5) is 0 Å². The monoisotopic (exact) mass is 220 g/mol. The molecule has 0 aliphatic heterocycles. The molecule has 0 aliphatic rings. The van der Waals surface area contributed by atoms with Crippen molar-refractivity contribution < 1.29 is 5.11 Å². The molecule has 90 valence electrons. The van der Waals surface area contributed by atoms with E-state index in [4.69, 9.17) is 0 Å². The van der Waals surface area contributed by atoms with Gasteiger partial charge in [0.05, 0.1) is 0 Å². The molecular weight excluding hydrogens is 196 g/mol. The van der Waals surface area contributed by atoms with Crippen LogP contribution in [0.15, 0.2) is 18.2 Å². The van der Waals surface area contributed by atoms with Crippen LogP contribution in [0, 0.1) is 0 Å². The lowest BCUT2D eigenvalue weighted by Crippen LogP contribution is -1.96. The molecule has 1 aromatic carbocycles. The first-order chi connectivity index (χ1) is 7.70. The lowest BCUT2D eigenvalue weighted by atomic mass is 9.92. The van der Waals surface area contributed by atoms with Crippen molar-refractivity contribution in [3.8, 4) is 5.75 Å². The Morgan fingerprint density at radius 1 is 1.19 bits per heavy atom. The molecule has 1 atom stereocenters. The van der Waals surface area contributed by atoms with E-state index < -0.39 is 0 Å². The Morgan fingerprint density at radius 3 is 2.56 bits per heavy atom. The number of para-hydroxylation sites is 1. The lowest BCUT2D eigenvalue weighted by Gasteiger charge is -2.15. The second kappa shape index (κ2) is 6.57. The summed E-state index contributed by atoms with van der Waals surface area (Å²) in [6.07, 6.45) is 5.68. The third-order valence-corrected chi connectivity index (χ3v) is 3.19. The standard InChI is InChI=1S/C15H24O/c1-4-6-9-12(3)14-11-7-10-13(8-5-2)15(14)16/h7,10-12,16H,4-6,8-9H2,1-3H3/t12-/m0/s1. The highest BCUT2D eigenvalue weighted by Gasteiger charge is 2.12. The molecule has 0 heterocycles. The molecule has 16 heavy (non-hydrogen) atoms. The zero-order valence-electron chi connectivity index (χ0n) is 10.8. The number of aromatic hydroxyl groups is 1. The summed E-state index contributed by atoms with van der Waals surface area (Å²) in [5.74, 6) is 1.00. The van der Waals surface area contributed by atoms with E-state index in [1.54, 1.807) is 0 Å². The van der Waals surface area contributed by atoms with Crippen LogP contribution in [-0.2, 0) is 6.42 Å². The molecule has 0 bridgehead atoms. The van der Waals surface area contributed by atoms with Gasteiger partial charge in [-0.25, -0.2) is 0 Å². The van der Waals surface area contributed by atoms with Crippen LogP contribution in [0.2, 0.25) is 0 Å². The molecule has 1 nitrogen and oxygen atoms in total. The molecule has 1 aromatic rings. The van der Waals surface area contributed by atoms with Crippen LogP contribution in [0.3, 0.4) is 0 Å². The zero-order chi connectivity index (χ0) is 12.0. The molecule has 0 aliphatic carbocycles. The predicted octanol–water partition coefficient (Wildman–Crippen LogP) is 4.64. The molecule has 0 spiro atoms. The van der Waals surface area contributed by atoms with E-state index in [0.717, 1.165) is 24.0 Å². The maximum Gasteiger partial charge on any atom is 0.122 e. The number of aryl methyl sites for hydroxylation is 1. The van der Waals surface area contributed by atoms with E-state index in [2.05, 4.69) is 32.9 Å². The third kappa shape index (κ3) is 3.26. The quantitative estimate of drug-likeness (QED) is 0.740. The molecule has 1 N–H and O–H groups in total. The van der Waals surface area contributed by atoms with Crippen molar-refractivity contribution in [2.75, 3.05) is 0 Å². The number of benzene rings is 1. The minimum atomic E-state index is 0.469. The number of unbranched alkanes of at least 4 members (excludes halogenated alkanes) is 1. The molecule has 0 aromatic heterocycles. The van der Waals surface area contributed by atoms with E-state index in [0.29, 0.717) is 11.7 Å². The summed E-state index contributed by atoms with van der Waals surface area (Å²) in [4.78, 5) is 0. The number of hydrogen-bond donors (Lipinski definition) is 1.